The van der Waals surface area contributed by atoms with E-state index < -0.39 is 0 Å². The van der Waals surface area contributed by atoms with E-state index in [1.54, 1.807) is 0 Å². The summed E-state index contributed by atoms with van der Waals surface area (Å²) in [4.78, 5) is 10.6. The van der Waals surface area contributed by atoms with E-state index in [1.165, 1.54) is 0 Å². The SMILES string of the molecule is CC(C)COC(=O)CCN.Cl. The zero-order chi connectivity index (χ0) is 7.98. The second-order valence-electron chi connectivity index (χ2n) is 2.62. The van der Waals surface area contributed by atoms with Crippen molar-refractivity contribution in [3.8, 4) is 0 Å². The molecule has 0 fully saturated rings. The highest BCUT2D eigenvalue weighted by Gasteiger charge is 2.01. The lowest BCUT2D eigenvalue weighted by molar-refractivity contribution is -0.144. The Bertz CT molecular complexity index is 107. The molecule has 0 unspecified atom stereocenters. The Kier molecular flexibility index (Phi) is 9.47. The third-order valence-corrected chi connectivity index (χ3v) is 0.926. The molecule has 68 valence electrons. The fourth-order valence-corrected chi connectivity index (χ4v) is 0.450. The van der Waals surface area contributed by atoms with Crippen LogP contribution in [-0.2, 0) is 9.53 Å². The Morgan fingerprint density at radius 3 is 2.45 bits per heavy atom. The van der Waals surface area contributed by atoms with Crippen molar-refractivity contribution in [2.75, 3.05) is 13.2 Å². The highest BCUT2D eigenvalue weighted by Crippen LogP contribution is 1.93. The molecule has 0 aliphatic carbocycles. The van der Waals surface area contributed by atoms with Gasteiger partial charge in [-0.05, 0) is 5.92 Å². The van der Waals surface area contributed by atoms with Crippen molar-refractivity contribution in [3.05, 3.63) is 0 Å². The predicted molar refractivity (Wildman–Crippen MR) is 46.7 cm³/mol. The van der Waals surface area contributed by atoms with Crippen LogP contribution in [0.25, 0.3) is 0 Å². The first kappa shape index (κ1) is 13.3. The van der Waals surface area contributed by atoms with Gasteiger partial charge in [0.15, 0.2) is 0 Å². The van der Waals surface area contributed by atoms with Gasteiger partial charge in [0.25, 0.3) is 0 Å². The van der Waals surface area contributed by atoms with Crippen molar-refractivity contribution in [1.82, 2.24) is 0 Å². The monoisotopic (exact) mass is 181 g/mol. The van der Waals surface area contributed by atoms with Crippen LogP contribution in [0.4, 0.5) is 0 Å². The lowest BCUT2D eigenvalue weighted by Gasteiger charge is -2.05. The maximum Gasteiger partial charge on any atom is 0.307 e. The molecule has 0 saturated carbocycles. The van der Waals surface area contributed by atoms with Gasteiger partial charge in [-0.1, -0.05) is 13.8 Å². The number of hydrogen-bond acceptors (Lipinski definition) is 3. The highest BCUT2D eigenvalue weighted by atomic mass is 35.5. The number of rotatable bonds is 4. The van der Waals surface area contributed by atoms with Gasteiger partial charge in [-0.3, -0.25) is 4.79 Å². The Morgan fingerprint density at radius 1 is 1.55 bits per heavy atom. The van der Waals surface area contributed by atoms with Crippen LogP contribution in [0, 0.1) is 5.92 Å². The molecule has 0 aromatic carbocycles. The minimum absolute atomic E-state index is 0. The number of carbonyl (C=O) groups is 1. The molecule has 0 aromatic rings. The molecule has 0 heterocycles. The largest absolute Gasteiger partial charge is 0.465 e. The van der Waals surface area contributed by atoms with Crippen LogP contribution in [-0.4, -0.2) is 19.1 Å². The van der Waals surface area contributed by atoms with Crippen LogP contribution >= 0.6 is 12.4 Å². The number of ether oxygens (including phenoxy) is 1. The number of hydrogen-bond donors (Lipinski definition) is 1. The molecule has 0 rings (SSSR count). The van der Waals surface area contributed by atoms with Crippen molar-refractivity contribution in [1.29, 1.82) is 0 Å². The van der Waals surface area contributed by atoms with E-state index in [9.17, 15) is 4.79 Å². The summed E-state index contributed by atoms with van der Waals surface area (Å²) in [5.41, 5.74) is 5.13. The van der Waals surface area contributed by atoms with Gasteiger partial charge in [0, 0.05) is 6.54 Å². The average Bonchev–Trinajstić information content (AvgIpc) is 1.85. The van der Waals surface area contributed by atoms with Gasteiger partial charge < -0.3 is 10.5 Å². The van der Waals surface area contributed by atoms with Crippen LogP contribution < -0.4 is 5.73 Å². The van der Waals surface area contributed by atoms with E-state index in [0.29, 0.717) is 25.5 Å². The van der Waals surface area contributed by atoms with E-state index in [-0.39, 0.29) is 18.4 Å². The predicted octanol–water partition coefficient (Wildman–Crippen LogP) is 0.956. The first-order chi connectivity index (χ1) is 4.66. The minimum Gasteiger partial charge on any atom is -0.465 e. The quantitative estimate of drug-likeness (QED) is 0.658. The molecule has 4 heteroatoms. The summed E-state index contributed by atoms with van der Waals surface area (Å²) in [7, 11) is 0. The first-order valence-electron chi connectivity index (χ1n) is 3.52. The van der Waals surface area contributed by atoms with Crippen molar-refractivity contribution in [2.45, 2.75) is 20.3 Å². The van der Waals surface area contributed by atoms with Crippen molar-refractivity contribution < 1.29 is 9.53 Å². The van der Waals surface area contributed by atoms with Crippen LogP contribution in [0.15, 0.2) is 0 Å². The van der Waals surface area contributed by atoms with E-state index in [1.807, 2.05) is 13.8 Å². The molecule has 0 radical (unpaired) electrons. The zero-order valence-electron chi connectivity index (χ0n) is 7.00. The Labute approximate surface area is 73.7 Å². The maximum absolute atomic E-state index is 10.6. The Morgan fingerprint density at radius 2 is 2.09 bits per heavy atom. The average molecular weight is 182 g/mol. The smallest absolute Gasteiger partial charge is 0.307 e. The molecule has 11 heavy (non-hydrogen) atoms. The van der Waals surface area contributed by atoms with Gasteiger partial charge in [0.05, 0.1) is 13.0 Å². The summed E-state index contributed by atoms with van der Waals surface area (Å²) in [6.45, 7) is 4.86. The molecule has 0 saturated heterocycles. The molecule has 2 N–H and O–H groups in total. The summed E-state index contributed by atoms with van der Waals surface area (Å²) < 4.78 is 4.82. The molecule has 0 atom stereocenters. The van der Waals surface area contributed by atoms with E-state index >= 15 is 0 Å². The van der Waals surface area contributed by atoms with Crippen LogP contribution in [0.2, 0.25) is 0 Å². The molecule has 3 nitrogen and oxygen atoms in total. The Hall–Kier alpha value is -0.280. The number of carbonyl (C=O) groups excluding carboxylic acids is 1. The van der Waals surface area contributed by atoms with Crippen molar-refractivity contribution in [3.63, 3.8) is 0 Å². The Balaban J connectivity index is 0. The molecule has 0 spiro atoms. The van der Waals surface area contributed by atoms with Gasteiger partial charge in [0.1, 0.15) is 0 Å². The number of esters is 1. The molecular formula is C7H16ClNO2. The van der Waals surface area contributed by atoms with Gasteiger partial charge in [-0.2, -0.15) is 0 Å². The molecule has 0 aromatic heterocycles. The fraction of sp³-hybridized carbons (Fsp3) is 0.857. The third kappa shape index (κ3) is 9.72. The van der Waals surface area contributed by atoms with Crippen molar-refractivity contribution >= 4 is 18.4 Å². The summed E-state index contributed by atoms with van der Waals surface area (Å²) in [6, 6.07) is 0. The normalized spacial score (nSPS) is 9.09. The van der Waals surface area contributed by atoms with Crippen molar-refractivity contribution in [2.24, 2.45) is 11.7 Å². The lowest BCUT2D eigenvalue weighted by Crippen LogP contribution is -2.13. The second kappa shape index (κ2) is 7.82. The summed E-state index contributed by atoms with van der Waals surface area (Å²) in [6.07, 6.45) is 0.326. The molecule has 0 aliphatic rings. The number of nitrogens with two attached hydrogens (primary N) is 1. The van der Waals surface area contributed by atoms with E-state index in [0.717, 1.165) is 0 Å². The zero-order valence-corrected chi connectivity index (χ0v) is 7.82. The fourth-order valence-electron chi connectivity index (χ4n) is 0.450. The van der Waals surface area contributed by atoms with Gasteiger partial charge in [-0.25, -0.2) is 0 Å². The van der Waals surface area contributed by atoms with E-state index in [4.69, 9.17) is 10.5 Å². The summed E-state index contributed by atoms with van der Waals surface area (Å²) >= 11 is 0. The maximum atomic E-state index is 10.6. The number of halogens is 1. The van der Waals surface area contributed by atoms with Crippen LogP contribution in [0.3, 0.4) is 0 Å². The van der Waals surface area contributed by atoms with Gasteiger partial charge in [-0.15, -0.1) is 12.4 Å². The molecule has 0 aliphatic heterocycles. The van der Waals surface area contributed by atoms with Crippen LogP contribution in [0.1, 0.15) is 20.3 Å². The summed E-state index contributed by atoms with van der Waals surface area (Å²) in [5.74, 6) is 0.206. The second-order valence-corrected chi connectivity index (χ2v) is 2.62. The lowest BCUT2D eigenvalue weighted by atomic mass is 10.2. The van der Waals surface area contributed by atoms with Gasteiger partial charge >= 0.3 is 5.97 Å². The standard InChI is InChI=1S/C7H15NO2.ClH/c1-6(2)5-10-7(9)3-4-8;/h6H,3-5,8H2,1-2H3;1H. The summed E-state index contributed by atoms with van der Waals surface area (Å²) in [5, 5.41) is 0. The molecule has 0 bridgehead atoms. The van der Waals surface area contributed by atoms with Gasteiger partial charge in [0.2, 0.25) is 0 Å². The minimum atomic E-state index is -0.198. The topological polar surface area (TPSA) is 52.3 Å². The van der Waals surface area contributed by atoms with E-state index in [2.05, 4.69) is 0 Å². The third-order valence-electron chi connectivity index (χ3n) is 0.926. The molecular weight excluding hydrogens is 166 g/mol. The first-order valence-corrected chi connectivity index (χ1v) is 3.52. The van der Waals surface area contributed by atoms with Crippen LogP contribution in [0.5, 0.6) is 0 Å². The molecule has 0 amide bonds. The highest BCUT2D eigenvalue weighted by molar-refractivity contribution is 5.85.